The fourth-order valence-corrected chi connectivity index (χ4v) is 5.05. The number of aliphatic imine (C=N–C) groups is 1. The first-order valence-corrected chi connectivity index (χ1v) is 14.9. The Hall–Kier alpha value is -4.37. The number of nitrogen functional groups attached to an aromatic ring is 1. The van der Waals surface area contributed by atoms with Gasteiger partial charge in [-0.2, -0.15) is 13.2 Å². The number of rotatable bonds is 13. The first kappa shape index (κ1) is 39.7. The van der Waals surface area contributed by atoms with E-state index >= 15 is 0 Å². The third kappa shape index (κ3) is 14.2. The van der Waals surface area contributed by atoms with Crippen LogP contribution < -0.4 is 33.6 Å². The van der Waals surface area contributed by atoms with Crippen LogP contribution in [-0.4, -0.2) is 65.4 Å². The Labute approximate surface area is 266 Å². The number of alkyl halides is 3. The largest absolute Gasteiger partial charge is 0.490 e. The summed E-state index contributed by atoms with van der Waals surface area (Å²) in [7, 11) is 0. The predicted octanol–water partition coefficient (Wildman–Crippen LogP) is 1.90. The maximum Gasteiger partial charge on any atom is 0.490 e. The minimum atomic E-state index is -5.08. The number of amides is 3. The molecule has 3 amide bonds. The number of nitrogens with zero attached hydrogens (tertiary/aromatic N) is 1. The molecule has 1 aliphatic carbocycles. The number of carboxylic acids is 1. The summed E-state index contributed by atoms with van der Waals surface area (Å²) in [4.78, 5) is 52.1. The van der Waals surface area contributed by atoms with Crippen LogP contribution in [0.5, 0.6) is 0 Å². The Morgan fingerprint density at radius 3 is 1.93 bits per heavy atom. The minimum Gasteiger partial charge on any atom is -0.475 e. The molecular weight excluding hydrogens is 609 g/mol. The first-order valence-electron chi connectivity index (χ1n) is 14.9. The number of carboxylic acid groups (broad SMARTS) is 1. The Morgan fingerprint density at radius 1 is 0.957 bits per heavy atom. The van der Waals surface area contributed by atoms with Crippen LogP contribution in [-0.2, 0) is 25.6 Å². The SMILES string of the molecule is CC(C)(C)[C@H](NC(=O)[C@@H](Cc1ccc(C(=N)N)cc1)C1CCCCC1)C(=O)NC(CCCN=C(N)N)C(N)=O.O=C(O)C(F)(F)F. The van der Waals surface area contributed by atoms with Gasteiger partial charge in [0.2, 0.25) is 17.7 Å². The van der Waals surface area contributed by atoms with Crippen molar-refractivity contribution in [2.75, 3.05) is 6.54 Å². The fourth-order valence-electron chi connectivity index (χ4n) is 5.05. The summed E-state index contributed by atoms with van der Waals surface area (Å²) in [5, 5.41) is 20.5. The number of nitrogens with two attached hydrogens (primary N) is 4. The number of benzene rings is 1. The summed E-state index contributed by atoms with van der Waals surface area (Å²) in [5.41, 5.74) is 22.8. The van der Waals surface area contributed by atoms with Crippen molar-refractivity contribution in [3.8, 4) is 0 Å². The molecule has 0 aromatic heterocycles. The minimum absolute atomic E-state index is 0.00680. The molecule has 1 unspecified atom stereocenters. The van der Waals surface area contributed by atoms with Gasteiger partial charge in [-0.15, -0.1) is 0 Å². The summed E-state index contributed by atoms with van der Waals surface area (Å²) < 4.78 is 31.7. The highest BCUT2D eigenvalue weighted by Crippen LogP contribution is 2.33. The van der Waals surface area contributed by atoms with Crippen LogP contribution in [0.15, 0.2) is 29.3 Å². The van der Waals surface area contributed by atoms with Crippen LogP contribution in [0.1, 0.15) is 76.8 Å². The van der Waals surface area contributed by atoms with Gasteiger partial charge in [-0.3, -0.25) is 24.8 Å². The Kier molecular flexibility index (Phi) is 15.5. The maximum atomic E-state index is 13.8. The molecule has 0 radical (unpaired) electrons. The number of aliphatic carboxylic acids is 1. The fraction of sp³-hybridized carbons (Fsp3) is 0.600. The number of amidine groups is 1. The molecule has 1 saturated carbocycles. The Bertz CT molecular complexity index is 1220. The summed E-state index contributed by atoms with van der Waals surface area (Å²) >= 11 is 0. The van der Waals surface area contributed by atoms with E-state index in [0.29, 0.717) is 24.9 Å². The number of carbonyl (C=O) groups is 4. The van der Waals surface area contributed by atoms with Gasteiger partial charge in [0.1, 0.15) is 17.9 Å². The molecule has 1 fully saturated rings. The van der Waals surface area contributed by atoms with E-state index < -0.39 is 41.5 Å². The molecular formula is C30H47F3N8O5. The van der Waals surface area contributed by atoms with E-state index in [1.165, 1.54) is 0 Å². The van der Waals surface area contributed by atoms with E-state index in [2.05, 4.69) is 15.6 Å². The summed E-state index contributed by atoms with van der Waals surface area (Å²) in [6.07, 6.45) is 1.35. The van der Waals surface area contributed by atoms with Crippen LogP contribution in [0.25, 0.3) is 0 Å². The molecule has 1 aromatic rings. The number of guanidine groups is 1. The van der Waals surface area contributed by atoms with Gasteiger partial charge in [-0.05, 0) is 49.0 Å². The number of nitrogens with one attached hydrogen (secondary N) is 3. The van der Waals surface area contributed by atoms with Gasteiger partial charge >= 0.3 is 12.1 Å². The lowest BCUT2D eigenvalue weighted by molar-refractivity contribution is -0.192. The number of halogens is 3. The van der Waals surface area contributed by atoms with Crippen molar-refractivity contribution in [1.82, 2.24) is 10.6 Å². The molecule has 13 nitrogen and oxygen atoms in total. The van der Waals surface area contributed by atoms with E-state index in [-0.39, 0.29) is 36.0 Å². The predicted molar refractivity (Wildman–Crippen MR) is 167 cm³/mol. The lowest BCUT2D eigenvalue weighted by Crippen LogP contribution is -2.58. The van der Waals surface area contributed by atoms with Crippen molar-refractivity contribution in [3.05, 3.63) is 35.4 Å². The molecule has 2 rings (SSSR count). The molecule has 46 heavy (non-hydrogen) atoms. The number of hydrogen-bond acceptors (Lipinski definition) is 6. The van der Waals surface area contributed by atoms with Crippen molar-refractivity contribution in [2.45, 2.75) is 90.4 Å². The van der Waals surface area contributed by atoms with Crippen LogP contribution >= 0.6 is 0 Å². The number of hydrogen-bond donors (Lipinski definition) is 8. The van der Waals surface area contributed by atoms with Crippen LogP contribution in [0.2, 0.25) is 0 Å². The highest BCUT2D eigenvalue weighted by atomic mass is 19.4. The van der Waals surface area contributed by atoms with E-state index in [4.69, 9.17) is 38.2 Å². The monoisotopic (exact) mass is 656 g/mol. The molecule has 3 atom stereocenters. The normalized spacial score (nSPS) is 15.6. The van der Waals surface area contributed by atoms with Crippen molar-refractivity contribution < 1.29 is 37.5 Å². The maximum absolute atomic E-state index is 13.8. The second-order valence-electron chi connectivity index (χ2n) is 12.3. The molecule has 0 heterocycles. The van der Waals surface area contributed by atoms with E-state index in [9.17, 15) is 27.6 Å². The van der Waals surface area contributed by atoms with E-state index in [1.54, 1.807) is 12.1 Å². The first-order chi connectivity index (χ1) is 21.2. The lowest BCUT2D eigenvalue weighted by atomic mass is 9.76. The Morgan fingerprint density at radius 2 is 1.50 bits per heavy atom. The zero-order valence-corrected chi connectivity index (χ0v) is 26.5. The van der Waals surface area contributed by atoms with Gasteiger partial charge in [0.15, 0.2) is 5.96 Å². The average Bonchev–Trinajstić information content (AvgIpc) is 2.95. The Balaban J connectivity index is 0.00000135. The molecule has 12 N–H and O–H groups in total. The van der Waals surface area contributed by atoms with Gasteiger partial charge in [0.05, 0.1) is 0 Å². The number of primary amides is 1. The molecule has 0 bridgehead atoms. The van der Waals surface area contributed by atoms with Crippen molar-refractivity contribution in [2.24, 2.45) is 45.2 Å². The highest BCUT2D eigenvalue weighted by molar-refractivity contribution is 5.95. The number of carbonyl (C=O) groups excluding carboxylic acids is 3. The van der Waals surface area contributed by atoms with Crippen molar-refractivity contribution >= 4 is 35.5 Å². The van der Waals surface area contributed by atoms with Gasteiger partial charge in [0.25, 0.3) is 0 Å². The second-order valence-corrected chi connectivity index (χ2v) is 12.3. The zero-order valence-electron chi connectivity index (χ0n) is 26.5. The molecule has 0 aliphatic heterocycles. The van der Waals surface area contributed by atoms with Gasteiger partial charge in [0, 0.05) is 18.0 Å². The molecule has 0 saturated heterocycles. The van der Waals surface area contributed by atoms with Gasteiger partial charge < -0.3 is 38.7 Å². The van der Waals surface area contributed by atoms with E-state index in [1.807, 2.05) is 32.9 Å². The quantitative estimate of drug-likeness (QED) is 0.0882. The van der Waals surface area contributed by atoms with Crippen LogP contribution in [0, 0.1) is 22.7 Å². The second kappa shape index (κ2) is 17.9. The highest BCUT2D eigenvalue weighted by Gasteiger charge is 2.39. The average molecular weight is 657 g/mol. The zero-order chi connectivity index (χ0) is 35.2. The topological polar surface area (TPSA) is 253 Å². The summed E-state index contributed by atoms with van der Waals surface area (Å²) in [6, 6.07) is 5.57. The van der Waals surface area contributed by atoms with Gasteiger partial charge in [-0.25, -0.2) is 4.79 Å². The van der Waals surface area contributed by atoms with Crippen molar-refractivity contribution in [1.29, 1.82) is 5.41 Å². The lowest BCUT2D eigenvalue weighted by Gasteiger charge is -2.35. The summed E-state index contributed by atoms with van der Waals surface area (Å²) in [6.45, 7) is 5.90. The molecule has 1 aromatic carbocycles. The molecule has 0 spiro atoms. The molecule has 258 valence electrons. The summed E-state index contributed by atoms with van der Waals surface area (Å²) in [5.74, 6) is -4.25. The van der Waals surface area contributed by atoms with Gasteiger partial charge in [-0.1, -0.05) is 64.3 Å². The molecule has 16 heteroatoms. The third-order valence-corrected chi connectivity index (χ3v) is 7.54. The van der Waals surface area contributed by atoms with Crippen LogP contribution in [0.3, 0.4) is 0 Å². The van der Waals surface area contributed by atoms with E-state index in [0.717, 1.165) is 37.7 Å². The molecule has 1 aliphatic rings. The van der Waals surface area contributed by atoms with Crippen molar-refractivity contribution in [3.63, 3.8) is 0 Å². The van der Waals surface area contributed by atoms with Crippen LogP contribution in [0.4, 0.5) is 13.2 Å². The third-order valence-electron chi connectivity index (χ3n) is 7.54. The smallest absolute Gasteiger partial charge is 0.475 e. The standard InChI is InChI=1S/C28H46N8O3.C2HF3O2/c1-28(2,3)22(26(39)35-21(24(31)37)10-7-15-34-27(32)33)36-25(38)20(18-8-5-4-6-9-18)16-17-11-13-19(14-12-17)23(29)30;3-2(4,5)1(6)7/h11-14,18,20-22H,4-10,15-16H2,1-3H3,(H3,29,30)(H2,31,37)(H,35,39)(H,36,38)(H4,32,33,34);(H,6,7)/t20-,21?,22+;/m0./s1.